The van der Waals surface area contributed by atoms with Crippen LogP contribution in [0.1, 0.15) is 6.42 Å². The van der Waals surface area contributed by atoms with Gasteiger partial charge in [0.05, 0.1) is 0 Å². The monoisotopic (exact) mass is 408 g/mol. The van der Waals surface area contributed by atoms with Crippen molar-refractivity contribution in [2.45, 2.75) is 6.42 Å². The van der Waals surface area contributed by atoms with Crippen molar-refractivity contribution in [1.29, 1.82) is 0 Å². The van der Waals surface area contributed by atoms with E-state index in [0.717, 1.165) is 12.6 Å². The summed E-state index contributed by atoms with van der Waals surface area (Å²) in [4.78, 5) is 0. The van der Waals surface area contributed by atoms with Gasteiger partial charge in [0.15, 0.2) is 0 Å². The minimum absolute atomic E-state index is 0. The third kappa shape index (κ3) is 3.63. The third-order valence-electron chi connectivity index (χ3n) is 4.35. The summed E-state index contributed by atoms with van der Waals surface area (Å²) in [5.41, 5.74) is 0. The van der Waals surface area contributed by atoms with Gasteiger partial charge in [0.2, 0.25) is 0 Å². The van der Waals surface area contributed by atoms with Crippen molar-refractivity contribution in [3.8, 4) is 0 Å². The summed E-state index contributed by atoms with van der Waals surface area (Å²) in [7, 11) is -1.99. The molecule has 3 aromatic rings. The van der Waals surface area contributed by atoms with Crippen LogP contribution in [0.5, 0.6) is 0 Å². The van der Waals surface area contributed by atoms with Crippen molar-refractivity contribution >= 4 is 23.2 Å². The molecule has 3 rings (SSSR count). The van der Waals surface area contributed by atoms with Crippen LogP contribution in [0, 0.1) is 6.92 Å². The molecule has 0 unspecified atom stereocenters. The number of rotatable bonds is 5. The minimum atomic E-state index is -1.99. The molecule has 0 aliphatic rings. The van der Waals surface area contributed by atoms with Crippen LogP contribution in [0.2, 0.25) is 0 Å². The predicted octanol–water partition coefficient (Wildman–Crippen LogP) is 3.93. The molecule has 2 heteroatoms. The Morgan fingerprint density at radius 1 is 0.565 bits per heavy atom. The molecule has 0 bridgehead atoms. The van der Waals surface area contributed by atoms with Crippen LogP contribution in [0.4, 0.5) is 0 Å². The molecule has 0 fully saturated rings. The van der Waals surface area contributed by atoms with Gasteiger partial charge in [-0.2, -0.15) is 0 Å². The first kappa shape index (κ1) is 18.1. The normalized spacial score (nSPS) is 11.5. The molecule has 0 saturated carbocycles. The first-order valence-corrected chi connectivity index (χ1v) is 10.0. The summed E-state index contributed by atoms with van der Waals surface area (Å²) in [6.07, 6.45) is 2.08. The third-order valence-corrected chi connectivity index (χ3v) is 9.41. The molecule has 120 valence electrons. The Morgan fingerprint density at radius 3 is 1.13 bits per heavy atom. The van der Waals surface area contributed by atoms with Gasteiger partial charge in [0.1, 0.15) is 0 Å². The zero-order valence-corrected chi connectivity index (χ0v) is 15.8. The van der Waals surface area contributed by atoms with Gasteiger partial charge >= 0.3 is 134 Å². The second-order valence-corrected chi connectivity index (χ2v) is 9.65. The molecule has 0 saturated heterocycles. The second-order valence-electron chi connectivity index (χ2n) is 5.61. The fraction of sp³-hybridized carbons (Fsp3) is 0.0952. The SMILES string of the molecule is [CH2]CC[PH](c1ccccc1)(c1ccccc1)c1ccccc1.[Rh]. The Morgan fingerprint density at radius 2 is 0.870 bits per heavy atom. The van der Waals surface area contributed by atoms with Gasteiger partial charge in [0, 0.05) is 19.5 Å². The molecule has 0 spiro atoms. The van der Waals surface area contributed by atoms with E-state index in [1.54, 1.807) is 0 Å². The van der Waals surface area contributed by atoms with E-state index < -0.39 is 7.26 Å². The van der Waals surface area contributed by atoms with Gasteiger partial charge in [-0.3, -0.25) is 0 Å². The Balaban J connectivity index is 0.00000192. The first-order chi connectivity index (χ1) is 10.9. The van der Waals surface area contributed by atoms with Crippen molar-refractivity contribution < 1.29 is 19.5 Å². The smallest absolute Gasteiger partial charge is 0 e. The average molecular weight is 408 g/mol. The standard InChI is InChI=1S/C21H22P.Rh/c1-2-18-22(19-12-6-3-7-13-19,20-14-8-4-9-15-20)21-16-10-5-11-17-21;/h3-17,22H,1-2,18H2;. The predicted molar refractivity (Wildman–Crippen MR) is 101 cm³/mol. The van der Waals surface area contributed by atoms with E-state index in [2.05, 4.69) is 97.9 Å². The van der Waals surface area contributed by atoms with Gasteiger partial charge in [-0.1, -0.05) is 0 Å². The summed E-state index contributed by atoms with van der Waals surface area (Å²) < 4.78 is 0. The minimum Gasteiger partial charge on any atom is 0 e. The van der Waals surface area contributed by atoms with E-state index in [0.29, 0.717) is 0 Å². The van der Waals surface area contributed by atoms with E-state index >= 15 is 0 Å². The molecule has 23 heavy (non-hydrogen) atoms. The van der Waals surface area contributed by atoms with Crippen LogP contribution in [0.3, 0.4) is 0 Å². The number of hydrogen-bond donors (Lipinski definition) is 0. The Labute approximate surface area is 153 Å². The molecule has 2 radical (unpaired) electrons. The summed E-state index contributed by atoms with van der Waals surface area (Å²) in [5, 5.41) is 4.41. The van der Waals surface area contributed by atoms with E-state index in [9.17, 15) is 0 Å². The van der Waals surface area contributed by atoms with Crippen LogP contribution < -0.4 is 15.9 Å². The van der Waals surface area contributed by atoms with E-state index in [1.807, 2.05) is 0 Å². The number of benzene rings is 3. The second kappa shape index (κ2) is 8.53. The van der Waals surface area contributed by atoms with E-state index in [-0.39, 0.29) is 19.5 Å². The Bertz CT molecular complexity index is 599. The van der Waals surface area contributed by atoms with Gasteiger partial charge in [0.25, 0.3) is 0 Å². The molecule has 0 aromatic heterocycles. The molecular formula is C21H22PRh. The molecule has 0 nitrogen and oxygen atoms in total. The first-order valence-electron chi connectivity index (χ1n) is 7.84. The van der Waals surface area contributed by atoms with Crippen molar-refractivity contribution in [3.63, 3.8) is 0 Å². The zero-order valence-electron chi connectivity index (χ0n) is 13.1. The molecule has 0 heterocycles. The van der Waals surface area contributed by atoms with E-state index in [4.69, 9.17) is 0 Å². The quantitative estimate of drug-likeness (QED) is 0.443. The summed E-state index contributed by atoms with van der Waals surface area (Å²) in [5.74, 6) is 0. The molecule has 0 aliphatic carbocycles. The molecule has 0 atom stereocenters. The van der Waals surface area contributed by atoms with Crippen molar-refractivity contribution in [2.24, 2.45) is 0 Å². The molecule has 0 amide bonds. The topological polar surface area (TPSA) is 0 Å². The maximum absolute atomic E-state index is 4.18. The van der Waals surface area contributed by atoms with Crippen molar-refractivity contribution in [1.82, 2.24) is 0 Å². The van der Waals surface area contributed by atoms with Crippen molar-refractivity contribution in [3.05, 3.63) is 97.9 Å². The maximum Gasteiger partial charge on any atom is 0 e. The Kier molecular flexibility index (Phi) is 6.70. The molecule has 3 aromatic carbocycles. The van der Waals surface area contributed by atoms with Crippen LogP contribution in [0.25, 0.3) is 0 Å². The van der Waals surface area contributed by atoms with Crippen LogP contribution >= 0.6 is 7.26 Å². The fourth-order valence-electron chi connectivity index (χ4n) is 3.37. The summed E-state index contributed by atoms with van der Waals surface area (Å²) in [6.45, 7) is 4.18. The molecule has 0 N–H and O–H groups in total. The van der Waals surface area contributed by atoms with Crippen LogP contribution in [-0.2, 0) is 19.5 Å². The molecular weight excluding hydrogens is 386 g/mol. The maximum atomic E-state index is 4.18. The van der Waals surface area contributed by atoms with E-state index in [1.165, 1.54) is 15.9 Å². The van der Waals surface area contributed by atoms with Crippen molar-refractivity contribution in [2.75, 3.05) is 6.16 Å². The van der Waals surface area contributed by atoms with Gasteiger partial charge in [-0.25, -0.2) is 0 Å². The van der Waals surface area contributed by atoms with Gasteiger partial charge in [-0.05, 0) is 0 Å². The van der Waals surface area contributed by atoms with Crippen LogP contribution in [-0.4, -0.2) is 6.16 Å². The molecule has 0 aliphatic heterocycles. The zero-order chi connectivity index (χ0) is 15.3. The number of hydrogen-bond acceptors (Lipinski definition) is 0. The van der Waals surface area contributed by atoms with Gasteiger partial charge in [-0.15, -0.1) is 0 Å². The van der Waals surface area contributed by atoms with Crippen LogP contribution in [0.15, 0.2) is 91.0 Å². The van der Waals surface area contributed by atoms with Gasteiger partial charge < -0.3 is 0 Å². The largest absolute Gasteiger partial charge is 0 e. The summed E-state index contributed by atoms with van der Waals surface area (Å²) >= 11 is 0. The fourth-order valence-corrected chi connectivity index (χ4v) is 8.05. The summed E-state index contributed by atoms with van der Waals surface area (Å²) in [6, 6.07) is 33.0. The average Bonchev–Trinajstić information content (AvgIpc) is 2.62. The Hall–Kier alpha value is -1.29.